The van der Waals surface area contributed by atoms with Crippen molar-refractivity contribution >= 4 is 54.8 Å². The summed E-state index contributed by atoms with van der Waals surface area (Å²) in [5, 5.41) is 0.133. The molecule has 2 aromatic carbocycles. The van der Waals surface area contributed by atoms with Gasteiger partial charge in [0, 0.05) is 49.7 Å². The Bertz CT molecular complexity index is 2150. The molecule has 3 heterocycles. The number of piperazine rings is 1. The summed E-state index contributed by atoms with van der Waals surface area (Å²) in [6.07, 6.45) is 5.07. The van der Waals surface area contributed by atoms with Crippen LogP contribution in [0, 0.1) is 0 Å². The lowest BCUT2D eigenvalue weighted by Crippen LogP contribution is -2.47. The first kappa shape index (κ1) is 37.1. The Hall–Kier alpha value is -5.17. The van der Waals surface area contributed by atoms with Crippen LogP contribution in [0.2, 0.25) is 5.02 Å². The number of amides is 2. The van der Waals surface area contributed by atoms with Gasteiger partial charge in [0.15, 0.2) is 0 Å². The molecule has 0 atom stereocenters. The molecule has 270 valence electrons. The number of carbonyl (C=O) groups is 2. The van der Waals surface area contributed by atoms with Crippen molar-refractivity contribution in [3.8, 4) is 17.2 Å². The topological polar surface area (TPSA) is 212 Å². The minimum absolute atomic E-state index is 0.000558. The van der Waals surface area contributed by atoms with Crippen LogP contribution in [0.3, 0.4) is 0 Å². The van der Waals surface area contributed by atoms with E-state index in [4.69, 9.17) is 31.5 Å². The third-order valence-electron chi connectivity index (χ3n) is 7.53. The lowest BCUT2D eigenvalue weighted by atomic mass is 10.2. The van der Waals surface area contributed by atoms with Gasteiger partial charge in [-0.25, -0.2) is 16.8 Å². The molecule has 0 radical (unpaired) electrons. The molecule has 19 heteroatoms. The number of pyridine rings is 2. The zero-order valence-electron chi connectivity index (χ0n) is 27.4. The van der Waals surface area contributed by atoms with Gasteiger partial charge in [0.2, 0.25) is 5.91 Å². The average molecular weight is 760 g/mol. The quantitative estimate of drug-likeness (QED) is 0.158. The van der Waals surface area contributed by atoms with Crippen LogP contribution in [0.5, 0.6) is 17.2 Å². The van der Waals surface area contributed by atoms with Gasteiger partial charge in [0.25, 0.3) is 26.0 Å². The number of halogens is 1. The van der Waals surface area contributed by atoms with Crippen LogP contribution >= 0.6 is 11.6 Å². The minimum atomic E-state index is -4.28. The summed E-state index contributed by atoms with van der Waals surface area (Å²) < 4.78 is 75.0. The molecule has 4 N–H and O–H groups in total. The summed E-state index contributed by atoms with van der Waals surface area (Å²) in [6, 6.07) is 10.8. The Labute approximate surface area is 299 Å². The normalized spacial score (nSPS) is 13.7. The molecule has 2 aromatic heterocycles. The second kappa shape index (κ2) is 15.8. The first-order valence-corrected chi connectivity index (χ1v) is 18.6. The highest BCUT2D eigenvalue weighted by atomic mass is 35.5. The van der Waals surface area contributed by atoms with E-state index in [0.29, 0.717) is 13.1 Å². The molecule has 0 saturated carbocycles. The van der Waals surface area contributed by atoms with Crippen molar-refractivity contribution < 1.29 is 40.6 Å². The van der Waals surface area contributed by atoms with Gasteiger partial charge in [-0.2, -0.15) is 0 Å². The SMILES string of the molecule is COc1ccc(OCCOc2ccc(Cl)cc2S(=O)(=O)Nc2cncc(C(=O)N3CCN(C)CC3)c2)cc1S(=O)(=O)Nc1cncc(C(N)=O)c1. The van der Waals surface area contributed by atoms with E-state index in [0.717, 1.165) is 13.1 Å². The third kappa shape index (κ3) is 9.34. The number of nitrogens with two attached hydrogens (primary N) is 1. The Kier molecular flexibility index (Phi) is 11.5. The summed E-state index contributed by atoms with van der Waals surface area (Å²) in [5.74, 6) is -0.933. The van der Waals surface area contributed by atoms with Gasteiger partial charge in [-0.1, -0.05) is 11.6 Å². The summed E-state index contributed by atoms with van der Waals surface area (Å²) in [7, 11) is -5.27. The van der Waals surface area contributed by atoms with E-state index in [1.54, 1.807) is 4.90 Å². The van der Waals surface area contributed by atoms with Crippen LogP contribution < -0.4 is 29.4 Å². The molecule has 0 unspecified atom stereocenters. The first-order chi connectivity index (χ1) is 24.3. The number of carbonyl (C=O) groups excluding carboxylic acids is 2. The van der Waals surface area contributed by atoms with Crippen molar-refractivity contribution in [2.24, 2.45) is 5.73 Å². The lowest BCUT2D eigenvalue weighted by molar-refractivity contribution is 0.0663. The molecule has 0 bridgehead atoms. The molecule has 1 aliphatic rings. The predicted octanol–water partition coefficient (Wildman–Crippen LogP) is 2.68. The highest BCUT2D eigenvalue weighted by molar-refractivity contribution is 7.93. The molecule has 1 saturated heterocycles. The van der Waals surface area contributed by atoms with E-state index in [1.165, 1.54) is 80.4 Å². The number of primary amides is 1. The smallest absolute Gasteiger partial charge is 0.265 e. The number of hydrogen-bond acceptors (Lipinski definition) is 12. The predicted molar refractivity (Wildman–Crippen MR) is 187 cm³/mol. The van der Waals surface area contributed by atoms with E-state index >= 15 is 0 Å². The van der Waals surface area contributed by atoms with Crippen molar-refractivity contribution in [3.63, 3.8) is 0 Å². The highest BCUT2D eigenvalue weighted by Crippen LogP contribution is 2.31. The summed E-state index contributed by atoms with van der Waals surface area (Å²) in [6.45, 7) is 2.26. The number of nitrogens with one attached hydrogen (secondary N) is 2. The van der Waals surface area contributed by atoms with Crippen LogP contribution in [-0.2, 0) is 20.0 Å². The van der Waals surface area contributed by atoms with Crippen LogP contribution in [0.15, 0.2) is 83.1 Å². The number of nitrogens with zero attached hydrogens (tertiary/aromatic N) is 4. The maximum atomic E-state index is 13.5. The lowest BCUT2D eigenvalue weighted by Gasteiger charge is -2.32. The molecule has 4 aromatic rings. The number of rotatable bonds is 14. The van der Waals surface area contributed by atoms with Crippen molar-refractivity contribution in [1.29, 1.82) is 0 Å². The number of aromatic nitrogens is 2. The van der Waals surface area contributed by atoms with Crippen molar-refractivity contribution in [1.82, 2.24) is 19.8 Å². The first-order valence-electron chi connectivity index (χ1n) is 15.2. The van der Waals surface area contributed by atoms with Crippen LogP contribution in [0.25, 0.3) is 0 Å². The third-order valence-corrected chi connectivity index (χ3v) is 10.6. The summed E-state index contributed by atoms with van der Waals surface area (Å²) >= 11 is 6.15. The monoisotopic (exact) mass is 759 g/mol. The maximum absolute atomic E-state index is 13.5. The Morgan fingerprint density at radius 3 is 1.98 bits per heavy atom. The van der Waals surface area contributed by atoms with Crippen molar-refractivity contribution in [2.75, 3.05) is 63.0 Å². The molecule has 2 amide bonds. The molecule has 0 aliphatic carbocycles. The Morgan fingerprint density at radius 2 is 1.35 bits per heavy atom. The highest BCUT2D eigenvalue weighted by Gasteiger charge is 2.25. The van der Waals surface area contributed by atoms with Gasteiger partial charge in [-0.05, 0) is 49.5 Å². The van der Waals surface area contributed by atoms with Crippen LogP contribution in [0.1, 0.15) is 20.7 Å². The van der Waals surface area contributed by atoms with E-state index in [1.807, 2.05) is 7.05 Å². The van der Waals surface area contributed by atoms with Gasteiger partial charge in [-0.3, -0.25) is 29.0 Å². The Balaban J connectivity index is 1.25. The standard InChI is InChI=1S/C32H34ClN7O9S2/c1-39-7-9-40(10-8-39)32(42)22-14-25(20-36-18-22)38-50(43,44)29-15-23(33)3-5-28(29)49-12-11-48-26-4-6-27(47-2)30(16-26)51(45,46)37-24-13-21(31(34)41)17-35-19-24/h3-6,13-20,37-38H,7-12H2,1-2H3,(H2,34,41). The maximum Gasteiger partial charge on any atom is 0.265 e. The molecular weight excluding hydrogens is 726 g/mol. The number of likely N-dealkylation sites (N-methyl/N-ethyl adjacent to an activating group) is 1. The van der Waals surface area contributed by atoms with Crippen LogP contribution in [0.4, 0.5) is 11.4 Å². The van der Waals surface area contributed by atoms with Gasteiger partial charge in [-0.15, -0.1) is 0 Å². The van der Waals surface area contributed by atoms with E-state index in [9.17, 15) is 26.4 Å². The molecule has 1 aliphatic heterocycles. The molecule has 1 fully saturated rings. The number of methoxy groups -OCH3 is 1. The van der Waals surface area contributed by atoms with Crippen LogP contribution in [-0.4, -0.2) is 102 Å². The molecular formula is C32H34ClN7O9S2. The number of ether oxygens (including phenoxy) is 3. The fourth-order valence-corrected chi connectivity index (χ4v) is 7.60. The summed E-state index contributed by atoms with van der Waals surface area (Å²) in [5.41, 5.74) is 5.58. The number of hydrogen-bond donors (Lipinski definition) is 3. The van der Waals surface area contributed by atoms with Gasteiger partial charge >= 0.3 is 0 Å². The van der Waals surface area contributed by atoms with Gasteiger partial charge in [0.1, 0.15) is 40.3 Å². The van der Waals surface area contributed by atoms with E-state index in [-0.39, 0.29) is 73.7 Å². The number of benzene rings is 2. The number of sulfonamides is 2. The molecule has 5 rings (SSSR count). The second-order valence-electron chi connectivity index (χ2n) is 11.2. The molecule has 51 heavy (non-hydrogen) atoms. The fraction of sp³-hybridized carbons (Fsp3) is 0.250. The second-order valence-corrected chi connectivity index (χ2v) is 14.9. The fourth-order valence-electron chi connectivity index (χ4n) is 4.93. The average Bonchev–Trinajstić information content (AvgIpc) is 3.10. The van der Waals surface area contributed by atoms with Gasteiger partial charge < -0.3 is 29.7 Å². The largest absolute Gasteiger partial charge is 0.495 e. The summed E-state index contributed by atoms with van der Waals surface area (Å²) in [4.78, 5) is 35.7. The zero-order valence-corrected chi connectivity index (χ0v) is 29.8. The molecule has 0 spiro atoms. The molecule has 16 nitrogen and oxygen atoms in total. The van der Waals surface area contributed by atoms with Gasteiger partial charge in [0.05, 0.1) is 42.0 Å². The van der Waals surface area contributed by atoms with Crippen molar-refractivity contribution in [2.45, 2.75) is 9.79 Å². The zero-order chi connectivity index (χ0) is 36.8. The number of anilines is 2. The van der Waals surface area contributed by atoms with E-state index in [2.05, 4.69) is 24.3 Å². The minimum Gasteiger partial charge on any atom is -0.495 e. The van der Waals surface area contributed by atoms with Crippen molar-refractivity contribution in [3.05, 3.63) is 89.5 Å². The Morgan fingerprint density at radius 1 is 0.784 bits per heavy atom. The van der Waals surface area contributed by atoms with E-state index < -0.39 is 26.0 Å².